The molecule has 0 bridgehead atoms. The molecule has 0 saturated carbocycles. The second-order valence-electron chi connectivity index (χ2n) is 3.87. The first-order valence-corrected chi connectivity index (χ1v) is 6.93. The molecule has 1 aromatic rings. The van der Waals surface area contributed by atoms with Crippen LogP contribution in [0.25, 0.3) is 0 Å². The van der Waals surface area contributed by atoms with Gasteiger partial charge >= 0.3 is 5.97 Å². The number of carbonyl (C=O) groups is 1. The van der Waals surface area contributed by atoms with E-state index in [1.165, 1.54) is 12.1 Å². The normalized spacial score (nSPS) is 12.5. The number of nitrogens with zero attached hydrogens (tertiary/aromatic N) is 1. The summed E-state index contributed by atoms with van der Waals surface area (Å²) in [5, 5.41) is 8.59. The molecule has 1 N–H and O–H groups in total. The Balaban J connectivity index is 2.97. The maximum atomic E-state index is 12.0. The van der Waals surface area contributed by atoms with Crippen LogP contribution < -0.4 is 4.72 Å². The Morgan fingerprint density at radius 1 is 1.42 bits per heavy atom. The van der Waals surface area contributed by atoms with Gasteiger partial charge in [0, 0.05) is 0 Å². The fourth-order valence-electron chi connectivity index (χ4n) is 1.38. The van der Waals surface area contributed by atoms with Gasteiger partial charge in [-0.15, -0.1) is 0 Å². The van der Waals surface area contributed by atoms with Gasteiger partial charge in [-0.1, -0.05) is 17.7 Å². The SMILES string of the molecule is COC(=O)[C@H](CC#N)NS(=O)(=O)c1ccc(C)cc1. The molecule has 1 aromatic carbocycles. The average molecular weight is 282 g/mol. The van der Waals surface area contributed by atoms with Gasteiger partial charge in [0.05, 0.1) is 24.5 Å². The second-order valence-corrected chi connectivity index (χ2v) is 5.59. The molecule has 0 aliphatic carbocycles. The van der Waals surface area contributed by atoms with Crippen LogP contribution in [-0.4, -0.2) is 27.5 Å². The monoisotopic (exact) mass is 282 g/mol. The van der Waals surface area contributed by atoms with Gasteiger partial charge in [0.25, 0.3) is 0 Å². The highest BCUT2D eigenvalue weighted by Gasteiger charge is 2.26. The van der Waals surface area contributed by atoms with Crippen LogP contribution in [0.2, 0.25) is 0 Å². The number of methoxy groups -OCH3 is 1. The molecular weight excluding hydrogens is 268 g/mol. The molecule has 1 rings (SSSR count). The van der Waals surface area contributed by atoms with Gasteiger partial charge in [-0.05, 0) is 19.1 Å². The van der Waals surface area contributed by atoms with E-state index >= 15 is 0 Å². The minimum absolute atomic E-state index is 0.0324. The summed E-state index contributed by atoms with van der Waals surface area (Å²) in [4.78, 5) is 11.4. The van der Waals surface area contributed by atoms with Crippen LogP contribution in [0.1, 0.15) is 12.0 Å². The Bertz CT molecular complexity index is 587. The molecule has 0 radical (unpaired) electrons. The first kappa shape index (κ1) is 15.1. The first-order valence-electron chi connectivity index (χ1n) is 5.44. The Morgan fingerprint density at radius 3 is 2.47 bits per heavy atom. The van der Waals surface area contributed by atoms with Crippen LogP contribution in [0.15, 0.2) is 29.2 Å². The number of rotatable bonds is 5. The van der Waals surface area contributed by atoms with E-state index in [0.717, 1.165) is 12.7 Å². The van der Waals surface area contributed by atoms with E-state index in [0.29, 0.717) is 0 Å². The van der Waals surface area contributed by atoms with Crippen molar-refractivity contribution >= 4 is 16.0 Å². The molecular formula is C12H14N2O4S. The maximum absolute atomic E-state index is 12.0. The summed E-state index contributed by atoms with van der Waals surface area (Å²) in [5.74, 6) is -0.794. The third-order valence-corrected chi connectivity index (χ3v) is 3.90. The van der Waals surface area contributed by atoms with Crippen LogP contribution in [0.5, 0.6) is 0 Å². The van der Waals surface area contributed by atoms with Crippen molar-refractivity contribution in [2.75, 3.05) is 7.11 Å². The van der Waals surface area contributed by atoms with Crippen molar-refractivity contribution in [3.05, 3.63) is 29.8 Å². The minimum Gasteiger partial charge on any atom is -0.468 e. The summed E-state index contributed by atoms with van der Waals surface area (Å²) in [6, 6.07) is 6.68. The minimum atomic E-state index is -3.86. The van der Waals surface area contributed by atoms with Crippen LogP contribution in [0.3, 0.4) is 0 Å². The van der Waals surface area contributed by atoms with Crippen LogP contribution in [-0.2, 0) is 19.6 Å². The van der Waals surface area contributed by atoms with Gasteiger partial charge < -0.3 is 4.74 Å². The van der Waals surface area contributed by atoms with Gasteiger partial charge in [-0.3, -0.25) is 4.79 Å². The Hall–Kier alpha value is -1.91. The van der Waals surface area contributed by atoms with Crippen LogP contribution in [0.4, 0.5) is 0 Å². The summed E-state index contributed by atoms with van der Waals surface area (Å²) in [6.07, 6.45) is -0.294. The summed E-state index contributed by atoms with van der Waals surface area (Å²) in [5.41, 5.74) is 0.917. The number of ether oxygens (including phenoxy) is 1. The molecule has 7 heteroatoms. The lowest BCUT2D eigenvalue weighted by atomic mass is 10.2. The largest absolute Gasteiger partial charge is 0.468 e. The number of hydrogen-bond donors (Lipinski definition) is 1. The zero-order valence-corrected chi connectivity index (χ0v) is 11.4. The molecule has 0 spiro atoms. The molecule has 19 heavy (non-hydrogen) atoms. The number of esters is 1. The quantitative estimate of drug-likeness (QED) is 0.803. The predicted molar refractivity (Wildman–Crippen MR) is 67.5 cm³/mol. The molecule has 0 amide bonds. The zero-order valence-electron chi connectivity index (χ0n) is 10.6. The van der Waals surface area contributed by atoms with Crippen LogP contribution in [0, 0.1) is 18.3 Å². The number of carbonyl (C=O) groups excluding carboxylic acids is 1. The van der Waals surface area contributed by atoms with Crippen molar-refractivity contribution in [3.63, 3.8) is 0 Å². The molecule has 102 valence electrons. The lowest BCUT2D eigenvalue weighted by Gasteiger charge is -2.13. The second kappa shape index (κ2) is 6.31. The van der Waals surface area contributed by atoms with Crippen molar-refractivity contribution in [2.45, 2.75) is 24.3 Å². The van der Waals surface area contributed by atoms with Gasteiger partial charge in [0.1, 0.15) is 6.04 Å². The number of nitriles is 1. The highest BCUT2D eigenvalue weighted by Crippen LogP contribution is 2.11. The van der Waals surface area contributed by atoms with E-state index < -0.39 is 22.0 Å². The van der Waals surface area contributed by atoms with E-state index in [9.17, 15) is 13.2 Å². The molecule has 0 aliphatic heterocycles. The molecule has 0 saturated heterocycles. The van der Waals surface area contributed by atoms with Crippen molar-refractivity contribution in [1.82, 2.24) is 4.72 Å². The van der Waals surface area contributed by atoms with E-state index in [2.05, 4.69) is 9.46 Å². The molecule has 0 unspecified atom stereocenters. The lowest BCUT2D eigenvalue weighted by Crippen LogP contribution is -2.41. The highest BCUT2D eigenvalue weighted by atomic mass is 32.2. The Labute approximate surface area is 112 Å². The number of sulfonamides is 1. The number of benzene rings is 1. The predicted octanol–water partition coefficient (Wildman–Crippen LogP) is 0.729. The van der Waals surface area contributed by atoms with E-state index in [1.807, 2.05) is 6.92 Å². The Kier molecular flexibility index (Phi) is 5.03. The van der Waals surface area contributed by atoms with Gasteiger partial charge in [0.2, 0.25) is 10.0 Å². The standard InChI is InChI=1S/C12H14N2O4S/c1-9-3-5-10(6-4-9)19(16,17)14-11(7-8-13)12(15)18-2/h3-6,11,14H,7H2,1-2H3/t11-/m0/s1. The molecule has 0 fully saturated rings. The number of aryl methyl sites for hydroxylation is 1. The van der Waals surface area contributed by atoms with Gasteiger partial charge in [0.15, 0.2) is 0 Å². The van der Waals surface area contributed by atoms with Crippen molar-refractivity contribution < 1.29 is 17.9 Å². The van der Waals surface area contributed by atoms with Gasteiger partial charge in [-0.2, -0.15) is 9.98 Å². The third kappa shape index (κ3) is 4.05. The number of nitrogens with one attached hydrogen (secondary N) is 1. The molecule has 6 nitrogen and oxygen atoms in total. The summed E-state index contributed by atoms with van der Waals surface area (Å²) in [7, 11) is -2.72. The summed E-state index contributed by atoms with van der Waals surface area (Å²) >= 11 is 0. The average Bonchev–Trinajstić information content (AvgIpc) is 2.37. The zero-order chi connectivity index (χ0) is 14.5. The van der Waals surface area contributed by atoms with E-state index in [4.69, 9.17) is 5.26 Å². The summed E-state index contributed by atoms with van der Waals surface area (Å²) in [6.45, 7) is 1.83. The molecule has 0 heterocycles. The van der Waals surface area contributed by atoms with Crippen LogP contribution >= 0.6 is 0 Å². The maximum Gasteiger partial charge on any atom is 0.324 e. The number of hydrogen-bond acceptors (Lipinski definition) is 5. The van der Waals surface area contributed by atoms with Crippen molar-refractivity contribution in [2.24, 2.45) is 0 Å². The van der Waals surface area contributed by atoms with Crippen molar-refractivity contribution in [1.29, 1.82) is 5.26 Å². The third-order valence-electron chi connectivity index (χ3n) is 2.41. The van der Waals surface area contributed by atoms with Crippen molar-refractivity contribution in [3.8, 4) is 6.07 Å². The first-order chi connectivity index (χ1) is 8.90. The lowest BCUT2D eigenvalue weighted by molar-refractivity contribution is -0.142. The topological polar surface area (TPSA) is 96.3 Å². The van der Waals surface area contributed by atoms with Gasteiger partial charge in [-0.25, -0.2) is 8.42 Å². The van der Waals surface area contributed by atoms with E-state index in [-0.39, 0.29) is 11.3 Å². The smallest absolute Gasteiger partial charge is 0.324 e. The van der Waals surface area contributed by atoms with E-state index in [1.54, 1.807) is 18.2 Å². The molecule has 0 aromatic heterocycles. The summed E-state index contributed by atoms with van der Waals surface area (Å²) < 4.78 is 30.6. The fraction of sp³-hybridized carbons (Fsp3) is 0.333. The molecule has 1 atom stereocenters. The Morgan fingerprint density at radius 2 is 2.00 bits per heavy atom. The fourth-order valence-corrected chi connectivity index (χ4v) is 2.56. The molecule has 0 aliphatic rings. The highest BCUT2D eigenvalue weighted by molar-refractivity contribution is 7.89.